The topological polar surface area (TPSA) is 52.0 Å². The summed E-state index contributed by atoms with van der Waals surface area (Å²) in [5.41, 5.74) is 0.596. The molecule has 5 nitrogen and oxygen atoms in total. The smallest absolute Gasteiger partial charge is 0.251 e. The minimum Gasteiger partial charge on any atom is -0.493 e. The lowest BCUT2D eigenvalue weighted by Crippen LogP contribution is -3.10. The molecule has 1 aromatic rings. The highest BCUT2D eigenvalue weighted by molar-refractivity contribution is 5.94. The van der Waals surface area contributed by atoms with Crippen LogP contribution in [0.5, 0.6) is 11.5 Å². The molecule has 0 aromatic heterocycles. The van der Waals surface area contributed by atoms with E-state index in [4.69, 9.17) is 9.47 Å². The summed E-state index contributed by atoms with van der Waals surface area (Å²) < 4.78 is 10.4. The Kier molecular flexibility index (Phi) is 5.24. The highest BCUT2D eigenvalue weighted by Crippen LogP contribution is 2.27. The van der Waals surface area contributed by atoms with Crippen LogP contribution < -0.4 is 19.7 Å². The maximum Gasteiger partial charge on any atom is 0.251 e. The Morgan fingerprint density at radius 2 is 1.90 bits per heavy atom. The van der Waals surface area contributed by atoms with E-state index in [9.17, 15) is 4.79 Å². The molecule has 1 fully saturated rings. The number of ether oxygens (including phenoxy) is 2. The number of benzene rings is 1. The van der Waals surface area contributed by atoms with Gasteiger partial charge in [-0.15, -0.1) is 0 Å². The van der Waals surface area contributed by atoms with Gasteiger partial charge in [-0.05, 0) is 18.2 Å². The van der Waals surface area contributed by atoms with Gasteiger partial charge in [0.15, 0.2) is 11.5 Å². The number of carbonyl (C=O) groups is 1. The van der Waals surface area contributed by atoms with Crippen LogP contribution in [0.2, 0.25) is 0 Å². The fraction of sp³-hybridized carbons (Fsp3) is 0.533. The van der Waals surface area contributed by atoms with Gasteiger partial charge in [-0.25, -0.2) is 0 Å². The second kappa shape index (κ2) is 7.14. The minimum atomic E-state index is -0.0652. The number of amides is 1. The molecule has 0 atom stereocenters. The van der Waals surface area contributed by atoms with Crippen LogP contribution in [0.25, 0.3) is 0 Å². The van der Waals surface area contributed by atoms with E-state index >= 15 is 0 Å². The summed E-state index contributed by atoms with van der Waals surface area (Å²) in [4.78, 5) is 13.7. The maximum absolute atomic E-state index is 12.1. The molecule has 1 aliphatic rings. The van der Waals surface area contributed by atoms with Crippen LogP contribution in [0, 0.1) is 0 Å². The third kappa shape index (κ3) is 3.63. The van der Waals surface area contributed by atoms with Gasteiger partial charge in [0.25, 0.3) is 5.91 Å². The van der Waals surface area contributed by atoms with Crippen molar-refractivity contribution < 1.29 is 19.2 Å². The molecule has 5 heteroatoms. The Hall–Kier alpha value is -1.75. The number of likely N-dealkylation sites (tertiary alicyclic amines) is 1. The van der Waals surface area contributed by atoms with Gasteiger partial charge in [-0.1, -0.05) is 0 Å². The molecular weight excluding hydrogens is 256 g/mol. The standard InChI is InChI=1S/C15H22N2O3/c1-19-13-6-5-12(11-14(13)20-2)15(18)16-7-10-17-8-3-4-9-17/h5-6,11H,3-4,7-10H2,1-2H3,(H,16,18)/p+1. The van der Waals surface area contributed by atoms with E-state index in [1.54, 1.807) is 37.3 Å². The van der Waals surface area contributed by atoms with Gasteiger partial charge in [-0.2, -0.15) is 0 Å². The average molecular weight is 279 g/mol. The lowest BCUT2D eigenvalue weighted by molar-refractivity contribution is -0.886. The molecule has 0 radical (unpaired) electrons. The molecule has 110 valence electrons. The van der Waals surface area contributed by atoms with Crippen LogP contribution in [0.1, 0.15) is 23.2 Å². The van der Waals surface area contributed by atoms with Crippen molar-refractivity contribution in [2.45, 2.75) is 12.8 Å². The van der Waals surface area contributed by atoms with Crippen LogP contribution in [-0.2, 0) is 0 Å². The first kappa shape index (κ1) is 14.7. The van der Waals surface area contributed by atoms with E-state index in [1.807, 2.05) is 0 Å². The summed E-state index contributed by atoms with van der Waals surface area (Å²) in [6.45, 7) is 4.17. The van der Waals surface area contributed by atoms with E-state index in [1.165, 1.54) is 25.9 Å². The lowest BCUT2D eigenvalue weighted by Gasteiger charge is -2.13. The Morgan fingerprint density at radius 1 is 1.20 bits per heavy atom. The van der Waals surface area contributed by atoms with Gasteiger partial charge in [0, 0.05) is 18.4 Å². The Balaban J connectivity index is 1.88. The lowest BCUT2D eigenvalue weighted by atomic mass is 10.2. The van der Waals surface area contributed by atoms with Gasteiger partial charge < -0.3 is 19.7 Å². The van der Waals surface area contributed by atoms with Gasteiger partial charge in [0.05, 0.1) is 40.4 Å². The van der Waals surface area contributed by atoms with Gasteiger partial charge in [-0.3, -0.25) is 4.79 Å². The Labute approximate surface area is 119 Å². The number of nitrogens with one attached hydrogen (secondary N) is 2. The average Bonchev–Trinajstić information content (AvgIpc) is 2.99. The second-order valence-electron chi connectivity index (χ2n) is 5.03. The normalized spacial score (nSPS) is 15.1. The van der Waals surface area contributed by atoms with Crippen LogP contribution in [-0.4, -0.2) is 46.3 Å². The SMILES string of the molecule is COc1ccc(C(=O)NCC[NH+]2CCCC2)cc1OC. The predicted molar refractivity (Wildman–Crippen MR) is 76.7 cm³/mol. The van der Waals surface area contributed by atoms with Crippen molar-refractivity contribution in [3.8, 4) is 11.5 Å². The molecule has 0 unspecified atom stereocenters. The number of methoxy groups -OCH3 is 2. The van der Waals surface area contributed by atoms with Crippen LogP contribution in [0.15, 0.2) is 18.2 Å². The van der Waals surface area contributed by atoms with Crippen molar-refractivity contribution >= 4 is 5.91 Å². The zero-order valence-electron chi connectivity index (χ0n) is 12.2. The molecule has 0 aliphatic carbocycles. The van der Waals surface area contributed by atoms with Gasteiger partial charge in [0.2, 0.25) is 0 Å². The first-order valence-corrected chi connectivity index (χ1v) is 7.08. The molecule has 0 bridgehead atoms. The quantitative estimate of drug-likeness (QED) is 0.777. The number of rotatable bonds is 6. The van der Waals surface area contributed by atoms with Crippen molar-refractivity contribution in [1.82, 2.24) is 5.32 Å². The molecule has 0 saturated carbocycles. The fourth-order valence-electron chi connectivity index (χ4n) is 2.56. The van der Waals surface area contributed by atoms with E-state index in [0.717, 1.165) is 6.54 Å². The summed E-state index contributed by atoms with van der Waals surface area (Å²) in [7, 11) is 3.15. The molecule has 20 heavy (non-hydrogen) atoms. The fourth-order valence-corrected chi connectivity index (χ4v) is 2.56. The molecule has 2 N–H and O–H groups in total. The minimum absolute atomic E-state index is 0.0652. The van der Waals surface area contributed by atoms with Crippen LogP contribution >= 0.6 is 0 Å². The zero-order valence-corrected chi connectivity index (χ0v) is 12.2. The summed E-state index contributed by atoms with van der Waals surface area (Å²) in [5.74, 6) is 1.14. The van der Waals surface area contributed by atoms with Crippen molar-refractivity contribution in [3.05, 3.63) is 23.8 Å². The summed E-state index contributed by atoms with van der Waals surface area (Å²) in [6, 6.07) is 5.20. The Bertz CT molecular complexity index is 456. The highest BCUT2D eigenvalue weighted by Gasteiger charge is 2.15. The first-order valence-electron chi connectivity index (χ1n) is 7.08. The van der Waals surface area contributed by atoms with Crippen molar-refractivity contribution in [1.29, 1.82) is 0 Å². The van der Waals surface area contributed by atoms with Crippen LogP contribution in [0.3, 0.4) is 0 Å². The van der Waals surface area contributed by atoms with Crippen molar-refractivity contribution in [3.63, 3.8) is 0 Å². The molecule has 1 saturated heterocycles. The van der Waals surface area contributed by atoms with E-state index in [0.29, 0.717) is 23.6 Å². The van der Waals surface area contributed by atoms with Crippen LogP contribution in [0.4, 0.5) is 0 Å². The number of hydrogen-bond donors (Lipinski definition) is 2. The third-order valence-electron chi connectivity index (χ3n) is 3.72. The third-order valence-corrected chi connectivity index (χ3v) is 3.72. The summed E-state index contributed by atoms with van der Waals surface area (Å²) >= 11 is 0. The molecular formula is C15H23N2O3+. The molecule has 1 heterocycles. The maximum atomic E-state index is 12.1. The van der Waals surface area contributed by atoms with E-state index in [2.05, 4.69) is 5.32 Å². The monoisotopic (exact) mass is 279 g/mol. The molecule has 1 aromatic carbocycles. The summed E-state index contributed by atoms with van der Waals surface area (Å²) in [6.07, 6.45) is 2.61. The summed E-state index contributed by atoms with van der Waals surface area (Å²) in [5, 5.41) is 2.96. The van der Waals surface area contributed by atoms with E-state index in [-0.39, 0.29) is 5.91 Å². The first-order chi connectivity index (χ1) is 9.74. The largest absolute Gasteiger partial charge is 0.493 e. The van der Waals surface area contributed by atoms with Gasteiger partial charge in [0.1, 0.15) is 0 Å². The Morgan fingerprint density at radius 3 is 2.55 bits per heavy atom. The highest BCUT2D eigenvalue weighted by atomic mass is 16.5. The molecule has 1 amide bonds. The second-order valence-corrected chi connectivity index (χ2v) is 5.03. The number of quaternary nitrogens is 1. The van der Waals surface area contributed by atoms with Crippen molar-refractivity contribution in [2.75, 3.05) is 40.4 Å². The zero-order chi connectivity index (χ0) is 14.4. The molecule has 1 aliphatic heterocycles. The molecule has 2 rings (SSSR count). The van der Waals surface area contributed by atoms with Gasteiger partial charge >= 0.3 is 0 Å². The molecule has 0 spiro atoms. The number of carbonyl (C=O) groups excluding carboxylic acids is 1. The number of hydrogen-bond acceptors (Lipinski definition) is 3. The van der Waals surface area contributed by atoms with Crippen molar-refractivity contribution in [2.24, 2.45) is 0 Å². The van der Waals surface area contributed by atoms with E-state index < -0.39 is 0 Å². The predicted octanol–water partition coefficient (Wildman–Crippen LogP) is 0.112.